The zero-order valence-corrected chi connectivity index (χ0v) is 25.6. The van der Waals surface area contributed by atoms with E-state index in [1.165, 1.54) is 13.3 Å². The third-order valence-corrected chi connectivity index (χ3v) is 14.2. The molecular formula is C30H49O9P. The van der Waals surface area contributed by atoms with Crippen LogP contribution in [0, 0.1) is 56.7 Å². The number of fused-ring (bicyclic) bond motifs is 7. The van der Waals surface area contributed by atoms with Gasteiger partial charge in [-0.25, -0.2) is 4.57 Å². The minimum Gasteiger partial charge on any atom is -0.481 e. The van der Waals surface area contributed by atoms with E-state index in [-0.39, 0.29) is 22.7 Å². The first-order valence-corrected chi connectivity index (χ1v) is 16.5. The normalized spacial score (nSPS) is 52.3. The number of carboxylic acid groups (broad SMARTS) is 1. The van der Waals surface area contributed by atoms with Gasteiger partial charge in [0.25, 0.3) is 0 Å². The molecule has 12 atom stereocenters. The molecule has 0 aromatic heterocycles. The molecule has 1 unspecified atom stereocenters. The van der Waals surface area contributed by atoms with Crippen LogP contribution in [0.15, 0.2) is 11.6 Å². The number of hydrogen-bond acceptors (Lipinski definition) is 6. The molecule has 0 heterocycles. The Balaban J connectivity index is 1.66. The molecule has 0 spiro atoms. The predicted molar refractivity (Wildman–Crippen MR) is 148 cm³/mol. The van der Waals surface area contributed by atoms with E-state index in [4.69, 9.17) is 4.52 Å². The van der Waals surface area contributed by atoms with Crippen molar-refractivity contribution in [2.45, 2.75) is 105 Å². The summed E-state index contributed by atoms with van der Waals surface area (Å²) in [5, 5.41) is 44.2. The lowest BCUT2D eigenvalue weighted by Crippen LogP contribution is -2.73. The number of carboxylic acids is 1. The van der Waals surface area contributed by atoms with E-state index in [1.54, 1.807) is 0 Å². The van der Waals surface area contributed by atoms with Crippen LogP contribution in [0.25, 0.3) is 0 Å². The highest BCUT2D eigenvalue weighted by Gasteiger charge is 2.74. The van der Waals surface area contributed by atoms with Crippen LogP contribution in [0.5, 0.6) is 0 Å². The Morgan fingerprint density at radius 3 is 2.23 bits per heavy atom. The standard InChI is InChI=1S/C30H49O9P/c1-16(2)17-7-9-20-26(17,3)13-14-27(4)18-8-10-21-29(6,25(34)35)23(32)22(31)24(33)30(21,15-39-40(36,37)38)19(18)11-12-28(20,27)5/h8,16-17,19-24,31-33H,7,9-15H2,1-6H3,(H,34,35)(H2,36,37,38)/t17-,19+,20?,21+,22+,23+,24-,26-,27-,28+,29-,30-/m1/s1. The summed E-state index contributed by atoms with van der Waals surface area (Å²) in [6.07, 6.45) is 2.85. The number of phosphoric ester groups is 1. The van der Waals surface area contributed by atoms with Crippen LogP contribution in [-0.4, -0.2) is 61.1 Å². The van der Waals surface area contributed by atoms with Crippen molar-refractivity contribution in [3.63, 3.8) is 0 Å². The molecule has 0 amide bonds. The Labute approximate surface area is 237 Å². The quantitative estimate of drug-likeness (QED) is 0.206. The van der Waals surface area contributed by atoms with E-state index >= 15 is 0 Å². The van der Waals surface area contributed by atoms with E-state index in [9.17, 15) is 39.6 Å². The summed E-state index contributed by atoms with van der Waals surface area (Å²) in [6.45, 7) is 12.6. The van der Waals surface area contributed by atoms with Gasteiger partial charge in [-0.2, -0.15) is 0 Å². The summed E-state index contributed by atoms with van der Waals surface area (Å²) in [7, 11) is -5.00. The van der Waals surface area contributed by atoms with Gasteiger partial charge in [0, 0.05) is 5.41 Å². The second-order valence-electron chi connectivity index (χ2n) is 15.1. The number of allylic oxidation sites excluding steroid dienone is 2. The number of carbonyl (C=O) groups is 1. The average molecular weight is 585 g/mol. The molecule has 0 bridgehead atoms. The summed E-state index contributed by atoms with van der Waals surface area (Å²) in [6, 6.07) is 0. The molecule has 4 fully saturated rings. The van der Waals surface area contributed by atoms with E-state index < -0.39 is 61.4 Å². The lowest BCUT2D eigenvalue weighted by atomic mass is 9.35. The Kier molecular flexibility index (Phi) is 7.16. The molecule has 0 saturated heterocycles. The van der Waals surface area contributed by atoms with Crippen molar-refractivity contribution in [1.29, 1.82) is 0 Å². The lowest BCUT2D eigenvalue weighted by Gasteiger charge is -2.70. The summed E-state index contributed by atoms with van der Waals surface area (Å²) >= 11 is 0. The summed E-state index contributed by atoms with van der Waals surface area (Å²) in [5.74, 6) is -0.943. The third kappa shape index (κ3) is 3.74. The lowest BCUT2D eigenvalue weighted by molar-refractivity contribution is -0.263. The molecule has 0 aliphatic heterocycles. The van der Waals surface area contributed by atoms with Crippen LogP contribution in [-0.2, 0) is 13.9 Å². The van der Waals surface area contributed by atoms with E-state index in [2.05, 4.69) is 40.7 Å². The second-order valence-corrected chi connectivity index (χ2v) is 16.4. The molecule has 10 heteroatoms. The Hall–Kier alpha value is -0.800. The van der Waals surface area contributed by atoms with Gasteiger partial charge in [-0.15, -0.1) is 0 Å². The first kappa shape index (κ1) is 30.7. The van der Waals surface area contributed by atoms with Crippen LogP contribution >= 0.6 is 7.82 Å². The van der Waals surface area contributed by atoms with E-state index in [1.807, 2.05) is 0 Å². The van der Waals surface area contributed by atoms with E-state index in [0.29, 0.717) is 24.2 Å². The maximum Gasteiger partial charge on any atom is 0.469 e. The molecule has 40 heavy (non-hydrogen) atoms. The summed E-state index contributed by atoms with van der Waals surface area (Å²) in [4.78, 5) is 32.2. The first-order chi connectivity index (χ1) is 18.3. The zero-order valence-electron chi connectivity index (χ0n) is 24.7. The highest BCUT2D eigenvalue weighted by atomic mass is 31.2. The molecule has 228 valence electrons. The first-order valence-electron chi connectivity index (χ1n) is 15.0. The molecular weight excluding hydrogens is 535 g/mol. The Bertz CT molecular complexity index is 1130. The van der Waals surface area contributed by atoms with Crippen LogP contribution in [0.1, 0.15) is 86.5 Å². The highest BCUT2D eigenvalue weighted by Crippen LogP contribution is 2.76. The van der Waals surface area contributed by atoms with Gasteiger partial charge in [0.2, 0.25) is 0 Å². The fourth-order valence-corrected chi connectivity index (χ4v) is 11.9. The van der Waals surface area contributed by atoms with Crippen molar-refractivity contribution in [3.05, 3.63) is 11.6 Å². The summed E-state index contributed by atoms with van der Waals surface area (Å²) in [5.41, 5.74) is -2.36. The molecule has 9 nitrogen and oxygen atoms in total. The third-order valence-electron chi connectivity index (χ3n) is 13.7. The number of hydrogen-bond donors (Lipinski definition) is 6. The maximum absolute atomic E-state index is 12.7. The van der Waals surface area contributed by atoms with Crippen LogP contribution in [0.4, 0.5) is 0 Å². The summed E-state index contributed by atoms with van der Waals surface area (Å²) < 4.78 is 17.1. The van der Waals surface area contributed by atoms with Crippen LogP contribution < -0.4 is 0 Å². The molecule has 4 saturated carbocycles. The van der Waals surface area contributed by atoms with Crippen molar-refractivity contribution < 1.29 is 44.1 Å². The zero-order chi connectivity index (χ0) is 29.8. The van der Waals surface area contributed by atoms with Gasteiger partial charge in [0.05, 0.1) is 24.2 Å². The predicted octanol–water partition coefficient (Wildman–Crippen LogP) is 4.12. The fourth-order valence-electron chi connectivity index (χ4n) is 11.5. The average Bonchev–Trinajstić information content (AvgIpc) is 3.23. The van der Waals surface area contributed by atoms with Gasteiger partial charge >= 0.3 is 13.8 Å². The SMILES string of the molecule is CC(C)[C@H]1CCC2[C@]1(C)CC[C@]1(C)C3=CC[C@H]4[C@@](C)(C(=O)O)[C@@H](O)[C@H](O)[C@@H](O)[C@]4(COP(=O)(O)O)[C@H]3CC[C@@]21C. The number of aliphatic hydroxyl groups is 3. The van der Waals surface area contributed by atoms with Crippen molar-refractivity contribution in [2.24, 2.45) is 56.7 Å². The van der Waals surface area contributed by atoms with Gasteiger partial charge in [-0.05, 0) is 97.7 Å². The Morgan fingerprint density at radius 1 is 1.00 bits per heavy atom. The molecule has 0 aromatic carbocycles. The van der Waals surface area contributed by atoms with Gasteiger partial charge in [-0.3, -0.25) is 9.32 Å². The molecule has 0 radical (unpaired) electrons. The van der Waals surface area contributed by atoms with Crippen molar-refractivity contribution >= 4 is 13.8 Å². The Morgan fingerprint density at radius 2 is 1.65 bits per heavy atom. The van der Waals surface area contributed by atoms with Crippen LogP contribution in [0.2, 0.25) is 0 Å². The molecule has 5 aliphatic carbocycles. The number of aliphatic carboxylic acids is 1. The second kappa shape index (κ2) is 9.35. The number of rotatable bonds is 5. The molecule has 0 aromatic rings. The molecule has 5 aliphatic rings. The largest absolute Gasteiger partial charge is 0.481 e. The molecule has 6 N–H and O–H groups in total. The molecule has 5 rings (SSSR count). The van der Waals surface area contributed by atoms with Crippen molar-refractivity contribution in [2.75, 3.05) is 6.61 Å². The minimum absolute atomic E-state index is 0.0437. The van der Waals surface area contributed by atoms with Crippen molar-refractivity contribution in [1.82, 2.24) is 0 Å². The fraction of sp³-hybridized carbons (Fsp3) is 0.900. The van der Waals surface area contributed by atoms with Gasteiger partial charge in [-0.1, -0.05) is 46.3 Å². The highest BCUT2D eigenvalue weighted by molar-refractivity contribution is 7.46. The maximum atomic E-state index is 12.7. The number of phosphoric acid groups is 1. The number of aliphatic hydroxyl groups excluding tert-OH is 3. The monoisotopic (exact) mass is 584 g/mol. The topological polar surface area (TPSA) is 165 Å². The van der Waals surface area contributed by atoms with Gasteiger partial charge in [0.15, 0.2) is 0 Å². The minimum atomic E-state index is -5.00. The van der Waals surface area contributed by atoms with Gasteiger partial charge < -0.3 is 30.2 Å². The van der Waals surface area contributed by atoms with E-state index in [0.717, 1.165) is 31.3 Å². The van der Waals surface area contributed by atoms with Crippen LogP contribution in [0.3, 0.4) is 0 Å². The smallest absolute Gasteiger partial charge is 0.469 e. The van der Waals surface area contributed by atoms with Crippen molar-refractivity contribution in [3.8, 4) is 0 Å². The van der Waals surface area contributed by atoms with Gasteiger partial charge in [0.1, 0.15) is 6.10 Å².